The van der Waals surface area contributed by atoms with Crippen LogP contribution in [0.3, 0.4) is 0 Å². The Morgan fingerprint density at radius 3 is 2.53 bits per heavy atom. The number of carbonyl (C=O) groups excluding carboxylic acids is 2. The third kappa shape index (κ3) is 5.98. The van der Waals surface area contributed by atoms with E-state index in [0.29, 0.717) is 20.7 Å². The van der Waals surface area contributed by atoms with E-state index in [1.807, 2.05) is 0 Å². The molecule has 0 aromatic heterocycles. The van der Waals surface area contributed by atoms with Crippen molar-refractivity contribution in [2.24, 2.45) is 5.10 Å². The lowest BCUT2D eigenvalue weighted by atomic mass is 10.1. The number of amides is 2. The van der Waals surface area contributed by atoms with Crippen LogP contribution < -0.4 is 10.7 Å². The van der Waals surface area contributed by atoms with E-state index in [4.69, 9.17) is 11.6 Å². The molecule has 0 fully saturated rings. The van der Waals surface area contributed by atoms with Gasteiger partial charge in [-0.05, 0) is 63.5 Å². The van der Waals surface area contributed by atoms with Gasteiger partial charge in [0.25, 0.3) is 5.91 Å². The summed E-state index contributed by atoms with van der Waals surface area (Å²) < 4.78 is 13.6. The first kappa shape index (κ1) is 21.7. The van der Waals surface area contributed by atoms with Crippen LogP contribution in [-0.2, 0) is 11.2 Å². The fourth-order valence-electron chi connectivity index (χ4n) is 2.59. The minimum atomic E-state index is -0.491. The number of hydrogen-bond acceptors (Lipinski definition) is 3. The molecule has 2 N–H and O–H groups in total. The number of benzene rings is 3. The summed E-state index contributed by atoms with van der Waals surface area (Å²) >= 11 is 8.95. The van der Waals surface area contributed by atoms with Crippen LogP contribution in [0, 0.1) is 5.82 Å². The Bertz CT molecular complexity index is 1100. The van der Waals surface area contributed by atoms with E-state index >= 15 is 0 Å². The van der Waals surface area contributed by atoms with Crippen LogP contribution in [-0.4, -0.2) is 18.0 Å². The predicted octanol–water partition coefficient (Wildman–Crippen LogP) is 5.19. The van der Waals surface area contributed by atoms with Crippen molar-refractivity contribution in [1.82, 2.24) is 5.43 Å². The summed E-state index contributed by atoms with van der Waals surface area (Å²) in [5.41, 5.74) is 4.44. The average molecular weight is 489 g/mol. The highest BCUT2D eigenvalue weighted by molar-refractivity contribution is 9.10. The summed E-state index contributed by atoms with van der Waals surface area (Å²) in [7, 11) is 0. The Labute approximate surface area is 186 Å². The van der Waals surface area contributed by atoms with Crippen LogP contribution in [0.5, 0.6) is 0 Å². The zero-order valence-corrected chi connectivity index (χ0v) is 17.9. The SMILES string of the molecule is O=C(Cc1ccc(Cl)cc1)Nc1ccccc1C(=O)N/N=C/c1ccc(F)c(Br)c1. The van der Waals surface area contributed by atoms with Crippen LogP contribution in [0.4, 0.5) is 10.1 Å². The minimum absolute atomic E-state index is 0.144. The van der Waals surface area contributed by atoms with Gasteiger partial charge in [0.05, 0.1) is 28.4 Å². The van der Waals surface area contributed by atoms with E-state index in [1.54, 1.807) is 48.5 Å². The number of hydrazone groups is 1. The third-order valence-corrected chi connectivity index (χ3v) is 4.91. The second-order valence-corrected chi connectivity index (χ2v) is 7.56. The smallest absolute Gasteiger partial charge is 0.273 e. The quantitative estimate of drug-likeness (QED) is 0.370. The maximum absolute atomic E-state index is 13.3. The summed E-state index contributed by atoms with van der Waals surface area (Å²) in [6.45, 7) is 0. The molecule has 0 aliphatic carbocycles. The van der Waals surface area contributed by atoms with Gasteiger partial charge in [-0.15, -0.1) is 0 Å². The molecular formula is C22H16BrClFN3O2. The highest BCUT2D eigenvalue weighted by Gasteiger charge is 2.13. The molecule has 0 radical (unpaired) electrons. The fourth-order valence-corrected chi connectivity index (χ4v) is 3.11. The van der Waals surface area contributed by atoms with Gasteiger partial charge in [-0.3, -0.25) is 9.59 Å². The second-order valence-electron chi connectivity index (χ2n) is 6.27. The van der Waals surface area contributed by atoms with Gasteiger partial charge < -0.3 is 5.32 Å². The van der Waals surface area contributed by atoms with Crippen molar-refractivity contribution in [2.45, 2.75) is 6.42 Å². The van der Waals surface area contributed by atoms with Crippen molar-refractivity contribution in [3.63, 3.8) is 0 Å². The monoisotopic (exact) mass is 487 g/mol. The first-order valence-electron chi connectivity index (χ1n) is 8.84. The Hall–Kier alpha value is -3.03. The summed E-state index contributed by atoms with van der Waals surface area (Å²) in [5.74, 6) is -1.15. The number of halogens is 3. The van der Waals surface area contributed by atoms with E-state index in [0.717, 1.165) is 5.56 Å². The molecule has 30 heavy (non-hydrogen) atoms. The first-order valence-corrected chi connectivity index (χ1v) is 10.0. The van der Waals surface area contributed by atoms with E-state index in [1.165, 1.54) is 24.4 Å². The van der Waals surface area contributed by atoms with E-state index < -0.39 is 5.91 Å². The molecule has 0 aliphatic rings. The second kappa shape index (κ2) is 10.1. The lowest BCUT2D eigenvalue weighted by molar-refractivity contribution is -0.115. The van der Waals surface area contributed by atoms with Crippen LogP contribution >= 0.6 is 27.5 Å². The molecule has 152 valence electrons. The number of anilines is 1. The van der Waals surface area contributed by atoms with Crippen molar-refractivity contribution in [3.8, 4) is 0 Å². The van der Waals surface area contributed by atoms with Crippen molar-refractivity contribution < 1.29 is 14.0 Å². The number of nitrogens with one attached hydrogen (secondary N) is 2. The number of rotatable bonds is 6. The molecule has 3 aromatic rings. The molecule has 3 rings (SSSR count). The van der Waals surface area contributed by atoms with Crippen LogP contribution in [0.15, 0.2) is 76.3 Å². The summed E-state index contributed by atoms with van der Waals surface area (Å²) in [4.78, 5) is 24.9. The minimum Gasteiger partial charge on any atom is -0.325 e. The lowest BCUT2D eigenvalue weighted by Gasteiger charge is -2.10. The molecule has 0 saturated carbocycles. The van der Waals surface area contributed by atoms with Crippen molar-refractivity contribution in [3.05, 3.63) is 98.7 Å². The zero-order valence-electron chi connectivity index (χ0n) is 15.5. The Balaban J connectivity index is 1.65. The highest BCUT2D eigenvalue weighted by Crippen LogP contribution is 2.17. The molecule has 8 heteroatoms. The lowest BCUT2D eigenvalue weighted by Crippen LogP contribution is -2.22. The van der Waals surface area contributed by atoms with Gasteiger partial charge >= 0.3 is 0 Å². The predicted molar refractivity (Wildman–Crippen MR) is 119 cm³/mol. The van der Waals surface area contributed by atoms with Crippen molar-refractivity contribution in [2.75, 3.05) is 5.32 Å². The van der Waals surface area contributed by atoms with Crippen LogP contribution in [0.1, 0.15) is 21.5 Å². The molecule has 0 atom stereocenters. The van der Waals surface area contributed by atoms with Gasteiger partial charge in [-0.25, -0.2) is 9.82 Å². The molecule has 0 unspecified atom stereocenters. The Kier molecular flexibility index (Phi) is 7.32. The molecule has 0 bridgehead atoms. The largest absolute Gasteiger partial charge is 0.325 e. The maximum Gasteiger partial charge on any atom is 0.273 e. The summed E-state index contributed by atoms with van der Waals surface area (Å²) in [5, 5.41) is 7.23. The number of para-hydroxylation sites is 1. The van der Waals surface area contributed by atoms with Gasteiger partial charge in [-0.2, -0.15) is 5.10 Å². The topological polar surface area (TPSA) is 70.6 Å². The van der Waals surface area contributed by atoms with Gasteiger partial charge in [0.2, 0.25) is 5.91 Å². The molecule has 0 saturated heterocycles. The fraction of sp³-hybridized carbons (Fsp3) is 0.0455. The normalized spacial score (nSPS) is 10.8. The summed E-state index contributed by atoms with van der Waals surface area (Å²) in [6.07, 6.45) is 1.54. The van der Waals surface area contributed by atoms with E-state index in [2.05, 4.69) is 31.8 Å². The molecule has 3 aromatic carbocycles. The summed E-state index contributed by atoms with van der Waals surface area (Å²) in [6, 6.07) is 17.9. The van der Waals surface area contributed by atoms with E-state index in [9.17, 15) is 14.0 Å². The zero-order chi connectivity index (χ0) is 21.5. The van der Waals surface area contributed by atoms with Gasteiger partial charge in [0.1, 0.15) is 5.82 Å². The van der Waals surface area contributed by atoms with Crippen molar-refractivity contribution >= 4 is 51.2 Å². The molecule has 2 amide bonds. The van der Waals surface area contributed by atoms with Gasteiger partial charge in [0, 0.05) is 5.02 Å². The first-order chi connectivity index (χ1) is 14.4. The highest BCUT2D eigenvalue weighted by atomic mass is 79.9. The number of carbonyl (C=O) groups is 2. The van der Waals surface area contributed by atoms with Gasteiger partial charge in [-0.1, -0.05) is 41.9 Å². The molecule has 5 nitrogen and oxygen atoms in total. The van der Waals surface area contributed by atoms with Crippen molar-refractivity contribution in [1.29, 1.82) is 0 Å². The van der Waals surface area contributed by atoms with Crippen LogP contribution in [0.25, 0.3) is 0 Å². The number of hydrogen-bond donors (Lipinski definition) is 2. The molecular weight excluding hydrogens is 473 g/mol. The number of nitrogens with zero attached hydrogens (tertiary/aromatic N) is 1. The maximum atomic E-state index is 13.3. The molecule has 0 heterocycles. The van der Waals surface area contributed by atoms with E-state index in [-0.39, 0.29) is 23.7 Å². The average Bonchev–Trinajstić information content (AvgIpc) is 2.72. The molecule has 0 aliphatic heterocycles. The Morgan fingerprint density at radius 2 is 1.80 bits per heavy atom. The third-order valence-electron chi connectivity index (χ3n) is 4.05. The van der Waals surface area contributed by atoms with Gasteiger partial charge in [0.15, 0.2) is 0 Å². The standard InChI is InChI=1S/C22H16BrClFN3O2/c23-18-11-15(7-10-19(18)25)13-26-28-22(30)17-3-1-2-4-20(17)27-21(29)12-14-5-8-16(24)9-6-14/h1-11,13H,12H2,(H,27,29)(H,28,30)/b26-13+. The Morgan fingerprint density at radius 1 is 1.07 bits per heavy atom. The van der Waals surface area contributed by atoms with Crippen LogP contribution in [0.2, 0.25) is 5.02 Å². The molecule has 0 spiro atoms.